The first-order chi connectivity index (χ1) is 10.0. The first-order valence-electron chi connectivity index (χ1n) is 6.65. The number of rotatable bonds is 6. The van der Waals surface area contributed by atoms with Gasteiger partial charge in [-0.1, -0.05) is 26.0 Å². The van der Waals surface area contributed by atoms with Crippen molar-refractivity contribution in [2.45, 2.75) is 26.4 Å². The van der Waals surface area contributed by atoms with Crippen LogP contribution in [0, 0.1) is 10.7 Å². The van der Waals surface area contributed by atoms with Crippen molar-refractivity contribution in [3.63, 3.8) is 0 Å². The van der Waals surface area contributed by atoms with Gasteiger partial charge in [0, 0.05) is 6.54 Å². The first-order valence-corrected chi connectivity index (χ1v) is 7.93. The number of nitrogens with one attached hydrogen (secondary N) is 2. The van der Waals surface area contributed by atoms with Crippen molar-refractivity contribution in [2.24, 2.45) is 5.92 Å². The number of carbonyl (C=O) groups is 1. The number of allylic oxidation sites excluding steroid dienone is 1. The zero-order valence-corrected chi connectivity index (χ0v) is 13.6. The molecular weight excluding hydrogens is 304 g/mol. The molecule has 0 saturated heterocycles. The maximum atomic E-state index is 12.3. The van der Waals surface area contributed by atoms with Gasteiger partial charge in [-0.15, -0.1) is 17.9 Å². The van der Waals surface area contributed by atoms with Gasteiger partial charge >= 0.3 is 0 Å². The van der Waals surface area contributed by atoms with E-state index in [1.807, 2.05) is 29.9 Å². The summed E-state index contributed by atoms with van der Waals surface area (Å²) in [7, 11) is 0. The molecule has 0 radical (unpaired) electrons. The van der Waals surface area contributed by atoms with Crippen molar-refractivity contribution < 1.29 is 4.79 Å². The number of hydrogen-bond donors (Lipinski definition) is 2. The van der Waals surface area contributed by atoms with Crippen molar-refractivity contribution >= 4 is 29.5 Å². The Bertz CT molecular complexity index is 669. The summed E-state index contributed by atoms with van der Waals surface area (Å²) in [5.74, 6) is 0.810. The molecule has 2 rings (SSSR count). The van der Waals surface area contributed by atoms with Gasteiger partial charge in [-0.05, 0) is 29.6 Å². The van der Waals surface area contributed by atoms with Crippen molar-refractivity contribution in [3.05, 3.63) is 45.6 Å². The Labute approximate surface area is 132 Å². The van der Waals surface area contributed by atoms with Gasteiger partial charge in [0.05, 0.1) is 10.9 Å². The molecule has 0 aliphatic heterocycles. The molecule has 1 amide bonds. The predicted octanol–water partition coefficient (Wildman–Crippen LogP) is 3.32. The number of carbonyl (C=O) groups excluding carboxylic acids is 1. The van der Waals surface area contributed by atoms with Crippen LogP contribution in [-0.4, -0.2) is 20.7 Å². The molecule has 0 aromatic carbocycles. The molecule has 2 heterocycles. The molecule has 0 aliphatic rings. The third-order valence-electron chi connectivity index (χ3n) is 3.08. The fourth-order valence-corrected chi connectivity index (χ4v) is 2.86. The average molecular weight is 322 g/mol. The molecule has 0 fully saturated rings. The zero-order valence-electron chi connectivity index (χ0n) is 12.0. The Morgan fingerprint density at radius 1 is 1.67 bits per heavy atom. The Kier molecular flexibility index (Phi) is 5.08. The Balaban J connectivity index is 2.29. The lowest BCUT2D eigenvalue weighted by Crippen LogP contribution is -2.33. The van der Waals surface area contributed by atoms with E-state index in [0.29, 0.717) is 16.2 Å². The topological polar surface area (TPSA) is 62.7 Å². The molecule has 0 bridgehead atoms. The van der Waals surface area contributed by atoms with Gasteiger partial charge in [0.1, 0.15) is 0 Å². The molecule has 2 aromatic rings. The molecular formula is C14H18N4OS2. The van der Waals surface area contributed by atoms with Crippen LogP contribution in [0.5, 0.6) is 0 Å². The van der Waals surface area contributed by atoms with Crippen molar-refractivity contribution in [1.82, 2.24) is 20.1 Å². The highest BCUT2D eigenvalue weighted by Gasteiger charge is 2.24. The highest BCUT2D eigenvalue weighted by Crippen LogP contribution is 2.21. The van der Waals surface area contributed by atoms with Crippen LogP contribution in [0.1, 0.15) is 35.4 Å². The average Bonchev–Trinajstić information content (AvgIpc) is 3.08. The second-order valence-corrected chi connectivity index (χ2v) is 6.29. The van der Waals surface area contributed by atoms with Gasteiger partial charge in [0.25, 0.3) is 5.91 Å². The van der Waals surface area contributed by atoms with E-state index >= 15 is 0 Å². The second kappa shape index (κ2) is 6.82. The summed E-state index contributed by atoms with van der Waals surface area (Å²) in [4.78, 5) is 13.0. The van der Waals surface area contributed by atoms with Crippen LogP contribution >= 0.6 is 23.6 Å². The van der Waals surface area contributed by atoms with Crippen LogP contribution in [0.3, 0.4) is 0 Å². The third-order valence-corrected chi connectivity index (χ3v) is 4.26. The maximum Gasteiger partial charge on any atom is 0.261 e. The van der Waals surface area contributed by atoms with Crippen LogP contribution in [-0.2, 0) is 6.54 Å². The van der Waals surface area contributed by atoms with Gasteiger partial charge in [-0.3, -0.25) is 14.5 Å². The van der Waals surface area contributed by atoms with Crippen molar-refractivity contribution in [2.75, 3.05) is 0 Å². The minimum atomic E-state index is -0.215. The highest BCUT2D eigenvalue weighted by atomic mass is 32.1. The number of aromatic amines is 1. The summed E-state index contributed by atoms with van der Waals surface area (Å²) in [6.07, 6.45) is 1.76. The van der Waals surface area contributed by atoms with Gasteiger partial charge in [0.2, 0.25) is 0 Å². The lowest BCUT2D eigenvalue weighted by molar-refractivity contribution is 0.0926. The van der Waals surface area contributed by atoms with Crippen LogP contribution in [0.2, 0.25) is 0 Å². The normalized spacial score (nSPS) is 12.3. The molecule has 2 aromatic heterocycles. The van der Waals surface area contributed by atoms with Gasteiger partial charge in [-0.2, -0.15) is 5.10 Å². The maximum absolute atomic E-state index is 12.3. The summed E-state index contributed by atoms with van der Waals surface area (Å²) in [6, 6.07) is 3.45. The highest BCUT2D eigenvalue weighted by molar-refractivity contribution is 7.71. The predicted molar refractivity (Wildman–Crippen MR) is 87.0 cm³/mol. The lowest BCUT2D eigenvalue weighted by atomic mass is 10.0. The first kappa shape index (κ1) is 15.7. The molecule has 0 aliphatic carbocycles. The molecule has 5 nitrogen and oxygen atoms in total. The summed E-state index contributed by atoms with van der Waals surface area (Å²) in [5, 5.41) is 12.0. The van der Waals surface area contributed by atoms with Gasteiger partial charge < -0.3 is 5.32 Å². The number of thiophene rings is 1. The lowest BCUT2D eigenvalue weighted by Gasteiger charge is -2.21. The second-order valence-electron chi connectivity index (χ2n) is 4.96. The van der Waals surface area contributed by atoms with Gasteiger partial charge in [0.15, 0.2) is 10.6 Å². The smallest absolute Gasteiger partial charge is 0.261 e. The molecule has 7 heteroatoms. The fourth-order valence-electron chi connectivity index (χ4n) is 2.02. The molecule has 112 valence electrons. The van der Waals surface area contributed by atoms with E-state index in [1.54, 1.807) is 12.1 Å². The summed E-state index contributed by atoms with van der Waals surface area (Å²) >= 11 is 6.64. The molecule has 1 atom stereocenters. The Morgan fingerprint density at radius 2 is 2.43 bits per heavy atom. The molecule has 0 spiro atoms. The SMILES string of the molecule is C=CCn1c([C@H](NC(=O)c2cccs2)C(C)C)n[nH]c1=S. The number of H-pyrrole nitrogens is 1. The Hall–Kier alpha value is -1.73. The van der Waals surface area contributed by atoms with E-state index in [2.05, 4.69) is 22.1 Å². The van der Waals surface area contributed by atoms with Crippen LogP contribution < -0.4 is 5.32 Å². The number of hydrogen-bond acceptors (Lipinski definition) is 4. The summed E-state index contributed by atoms with van der Waals surface area (Å²) in [5.41, 5.74) is 0. The van der Waals surface area contributed by atoms with Crippen LogP contribution in [0.4, 0.5) is 0 Å². The third kappa shape index (κ3) is 3.48. The molecule has 2 N–H and O–H groups in total. The van der Waals surface area contributed by atoms with E-state index in [-0.39, 0.29) is 17.9 Å². The van der Waals surface area contributed by atoms with Crippen molar-refractivity contribution in [3.8, 4) is 0 Å². The molecule has 21 heavy (non-hydrogen) atoms. The van der Waals surface area contributed by atoms with E-state index in [1.165, 1.54) is 11.3 Å². The van der Waals surface area contributed by atoms with Gasteiger partial charge in [-0.25, -0.2) is 0 Å². The molecule has 0 unspecified atom stereocenters. The summed E-state index contributed by atoms with van der Waals surface area (Å²) < 4.78 is 2.38. The van der Waals surface area contributed by atoms with Crippen LogP contribution in [0.25, 0.3) is 0 Å². The minimum Gasteiger partial charge on any atom is -0.341 e. The number of aromatic nitrogens is 3. The quantitative estimate of drug-likeness (QED) is 0.633. The molecule has 0 saturated carbocycles. The standard InChI is InChI=1S/C14H18N4OS2/c1-4-7-18-12(16-17-14(18)20)11(9(2)3)15-13(19)10-6-5-8-21-10/h4-6,8-9,11H,1,7H2,2-3H3,(H,15,19)(H,17,20)/t11-/m1/s1. The van der Waals surface area contributed by atoms with Crippen molar-refractivity contribution in [1.29, 1.82) is 0 Å². The van der Waals surface area contributed by atoms with Crippen LogP contribution in [0.15, 0.2) is 30.2 Å². The summed E-state index contributed by atoms with van der Waals surface area (Å²) in [6.45, 7) is 8.36. The monoisotopic (exact) mass is 322 g/mol. The fraction of sp³-hybridized carbons (Fsp3) is 0.357. The van der Waals surface area contributed by atoms with E-state index in [9.17, 15) is 4.79 Å². The largest absolute Gasteiger partial charge is 0.341 e. The number of nitrogens with zero attached hydrogens (tertiary/aromatic N) is 2. The Morgan fingerprint density at radius 3 is 3.00 bits per heavy atom. The zero-order chi connectivity index (χ0) is 15.4. The minimum absolute atomic E-state index is 0.0947. The van der Waals surface area contributed by atoms with E-state index < -0.39 is 0 Å². The number of amides is 1. The van der Waals surface area contributed by atoms with E-state index in [4.69, 9.17) is 12.2 Å². The van der Waals surface area contributed by atoms with E-state index in [0.717, 1.165) is 5.82 Å².